The highest BCUT2D eigenvalue weighted by atomic mass is 14.5. The molecule has 0 saturated heterocycles. The van der Waals surface area contributed by atoms with E-state index < -0.39 is 0 Å². The van der Waals surface area contributed by atoms with Crippen LogP contribution >= 0.6 is 0 Å². The van der Waals surface area contributed by atoms with E-state index in [2.05, 4.69) is 19.9 Å². The van der Waals surface area contributed by atoms with Gasteiger partial charge in [-0.2, -0.15) is 5.26 Å². The molecule has 1 heteroatoms. The van der Waals surface area contributed by atoms with Gasteiger partial charge in [-0.1, -0.05) is 13.8 Å². The Morgan fingerprint density at radius 1 is 1.36 bits per heavy atom. The summed E-state index contributed by atoms with van der Waals surface area (Å²) in [6.07, 6.45) is 3.83. The van der Waals surface area contributed by atoms with Crippen molar-refractivity contribution < 1.29 is 0 Å². The molecule has 0 spiro atoms. The standard InChI is InChI=1S/C10H15N/c1-10(2)4-7-3-8(6-11)9(7)5-10/h7-9H,3-5H2,1-2H3. The van der Waals surface area contributed by atoms with E-state index in [1.165, 1.54) is 19.3 Å². The maximum atomic E-state index is 8.75. The fourth-order valence-electron chi connectivity index (χ4n) is 2.93. The summed E-state index contributed by atoms with van der Waals surface area (Å²) < 4.78 is 0. The first-order valence-corrected chi connectivity index (χ1v) is 4.52. The highest BCUT2D eigenvalue weighted by Gasteiger charge is 2.50. The molecule has 0 aliphatic heterocycles. The monoisotopic (exact) mass is 149 g/mol. The van der Waals surface area contributed by atoms with Crippen LogP contribution in [-0.4, -0.2) is 0 Å². The fraction of sp³-hybridized carbons (Fsp3) is 0.900. The lowest BCUT2D eigenvalue weighted by Gasteiger charge is -2.35. The van der Waals surface area contributed by atoms with Crippen molar-refractivity contribution in [2.75, 3.05) is 0 Å². The first-order chi connectivity index (χ1) is 5.12. The molecule has 11 heavy (non-hydrogen) atoms. The first kappa shape index (κ1) is 7.16. The van der Waals surface area contributed by atoms with Crippen LogP contribution in [0, 0.1) is 34.5 Å². The van der Waals surface area contributed by atoms with Crippen LogP contribution in [0.25, 0.3) is 0 Å². The first-order valence-electron chi connectivity index (χ1n) is 4.52. The molecule has 2 aliphatic rings. The summed E-state index contributed by atoms with van der Waals surface area (Å²) in [4.78, 5) is 0. The molecule has 3 atom stereocenters. The quantitative estimate of drug-likeness (QED) is 0.519. The second-order valence-corrected chi connectivity index (χ2v) is 4.97. The van der Waals surface area contributed by atoms with Crippen LogP contribution < -0.4 is 0 Å². The summed E-state index contributed by atoms with van der Waals surface area (Å²) in [6, 6.07) is 2.41. The lowest BCUT2D eigenvalue weighted by atomic mass is 9.67. The lowest BCUT2D eigenvalue weighted by molar-refractivity contribution is 0.151. The third-order valence-corrected chi connectivity index (χ3v) is 3.45. The van der Waals surface area contributed by atoms with Gasteiger partial charge >= 0.3 is 0 Å². The molecule has 0 aromatic rings. The van der Waals surface area contributed by atoms with Crippen molar-refractivity contribution in [3.63, 3.8) is 0 Å². The van der Waals surface area contributed by atoms with Crippen molar-refractivity contribution in [1.82, 2.24) is 0 Å². The van der Waals surface area contributed by atoms with Gasteiger partial charge < -0.3 is 0 Å². The molecule has 2 aliphatic carbocycles. The molecule has 60 valence electrons. The minimum absolute atomic E-state index is 0.404. The van der Waals surface area contributed by atoms with E-state index in [0.29, 0.717) is 11.3 Å². The predicted molar refractivity (Wildman–Crippen MR) is 43.7 cm³/mol. The summed E-state index contributed by atoms with van der Waals surface area (Å²) in [6.45, 7) is 4.67. The van der Waals surface area contributed by atoms with Crippen LogP contribution in [-0.2, 0) is 0 Å². The van der Waals surface area contributed by atoms with Gasteiger partial charge in [0, 0.05) is 5.92 Å². The third-order valence-electron chi connectivity index (χ3n) is 3.45. The van der Waals surface area contributed by atoms with Crippen LogP contribution in [0.1, 0.15) is 33.1 Å². The number of fused-ring (bicyclic) bond motifs is 1. The Hall–Kier alpha value is -0.510. The van der Waals surface area contributed by atoms with Crippen LogP contribution in [0.5, 0.6) is 0 Å². The van der Waals surface area contributed by atoms with Gasteiger partial charge in [-0.3, -0.25) is 0 Å². The number of nitrogens with zero attached hydrogens (tertiary/aromatic N) is 1. The average molecular weight is 149 g/mol. The van der Waals surface area contributed by atoms with E-state index in [1.807, 2.05) is 0 Å². The predicted octanol–water partition coefficient (Wildman–Crippen LogP) is 2.58. The molecule has 0 amide bonds. The second-order valence-electron chi connectivity index (χ2n) is 4.97. The van der Waals surface area contributed by atoms with E-state index in [0.717, 1.165) is 11.8 Å². The van der Waals surface area contributed by atoms with Gasteiger partial charge in [0.15, 0.2) is 0 Å². The normalized spacial score (nSPS) is 45.7. The minimum atomic E-state index is 0.404. The largest absolute Gasteiger partial charge is 0.198 e. The molecule has 0 heterocycles. The zero-order valence-electron chi connectivity index (χ0n) is 7.30. The minimum Gasteiger partial charge on any atom is -0.198 e. The maximum Gasteiger partial charge on any atom is 0.0658 e. The Kier molecular flexibility index (Phi) is 1.30. The van der Waals surface area contributed by atoms with Gasteiger partial charge in [0.2, 0.25) is 0 Å². The molecule has 2 fully saturated rings. The number of hydrogen-bond donors (Lipinski definition) is 0. The maximum absolute atomic E-state index is 8.75. The lowest BCUT2D eigenvalue weighted by Crippen LogP contribution is -2.30. The van der Waals surface area contributed by atoms with E-state index >= 15 is 0 Å². The second kappa shape index (κ2) is 2.00. The van der Waals surface area contributed by atoms with Gasteiger partial charge in [-0.05, 0) is 36.5 Å². The molecule has 1 nitrogen and oxygen atoms in total. The van der Waals surface area contributed by atoms with Crippen LogP contribution in [0.2, 0.25) is 0 Å². The molecule has 2 rings (SSSR count). The van der Waals surface area contributed by atoms with Crippen molar-refractivity contribution in [2.45, 2.75) is 33.1 Å². The van der Waals surface area contributed by atoms with Crippen molar-refractivity contribution in [1.29, 1.82) is 5.26 Å². The molecular weight excluding hydrogens is 134 g/mol. The zero-order chi connectivity index (χ0) is 8.06. The van der Waals surface area contributed by atoms with E-state index in [-0.39, 0.29) is 0 Å². The zero-order valence-corrected chi connectivity index (χ0v) is 7.30. The van der Waals surface area contributed by atoms with Gasteiger partial charge in [0.05, 0.1) is 6.07 Å². The van der Waals surface area contributed by atoms with Crippen LogP contribution in [0.4, 0.5) is 0 Å². The Bertz CT molecular complexity index is 211. The Morgan fingerprint density at radius 2 is 2.09 bits per heavy atom. The molecular formula is C10H15N. The van der Waals surface area contributed by atoms with Gasteiger partial charge in [-0.25, -0.2) is 0 Å². The van der Waals surface area contributed by atoms with E-state index in [4.69, 9.17) is 5.26 Å². The number of nitriles is 1. The summed E-state index contributed by atoms with van der Waals surface area (Å²) in [5, 5.41) is 8.75. The summed E-state index contributed by atoms with van der Waals surface area (Å²) in [5.74, 6) is 2.06. The summed E-state index contributed by atoms with van der Waals surface area (Å²) in [7, 11) is 0. The van der Waals surface area contributed by atoms with Crippen LogP contribution in [0.15, 0.2) is 0 Å². The topological polar surface area (TPSA) is 23.8 Å². The fourth-order valence-corrected chi connectivity index (χ4v) is 2.93. The third kappa shape index (κ3) is 0.965. The van der Waals surface area contributed by atoms with Crippen molar-refractivity contribution in [2.24, 2.45) is 23.2 Å². The molecule has 2 saturated carbocycles. The SMILES string of the molecule is CC1(C)CC2CC(C#N)C2C1. The Balaban J connectivity index is 2.06. The van der Waals surface area contributed by atoms with Crippen molar-refractivity contribution in [3.05, 3.63) is 0 Å². The number of hydrogen-bond acceptors (Lipinski definition) is 1. The molecule has 0 aromatic carbocycles. The molecule has 0 radical (unpaired) electrons. The summed E-state index contributed by atoms with van der Waals surface area (Å²) in [5.41, 5.74) is 0.529. The smallest absolute Gasteiger partial charge is 0.0658 e. The summed E-state index contributed by atoms with van der Waals surface area (Å²) >= 11 is 0. The van der Waals surface area contributed by atoms with E-state index in [9.17, 15) is 0 Å². The van der Waals surface area contributed by atoms with Crippen molar-refractivity contribution >= 4 is 0 Å². The Morgan fingerprint density at radius 3 is 2.64 bits per heavy atom. The van der Waals surface area contributed by atoms with E-state index in [1.54, 1.807) is 0 Å². The number of rotatable bonds is 0. The van der Waals surface area contributed by atoms with Gasteiger partial charge in [0.1, 0.15) is 0 Å². The Labute approximate surface area is 68.4 Å². The van der Waals surface area contributed by atoms with Gasteiger partial charge in [0.25, 0.3) is 0 Å². The highest BCUT2D eigenvalue weighted by molar-refractivity contribution is 5.06. The molecule has 0 N–H and O–H groups in total. The molecule has 3 unspecified atom stereocenters. The molecule has 0 aromatic heterocycles. The van der Waals surface area contributed by atoms with Gasteiger partial charge in [-0.15, -0.1) is 0 Å². The highest BCUT2D eigenvalue weighted by Crippen LogP contribution is 2.57. The average Bonchev–Trinajstić information content (AvgIpc) is 2.12. The van der Waals surface area contributed by atoms with Crippen molar-refractivity contribution in [3.8, 4) is 6.07 Å². The molecule has 0 bridgehead atoms. The van der Waals surface area contributed by atoms with Crippen LogP contribution in [0.3, 0.4) is 0 Å².